The van der Waals surface area contributed by atoms with Gasteiger partial charge in [-0.2, -0.15) is 0 Å². The van der Waals surface area contributed by atoms with Gasteiger partial charge in [0.25, 0.3) is 11.8 Å². The van der Waals surface area contributed by atoms with E-state index in [0.717, 1.165) is 5.56 Å². The van der Waals surface area contributed by atoms with Crippen LogP contribution in [-0.2, 0) is 11.3 Å². The first-order valence-electron chi connectivity index (χ1n) is 8.36. The van der Waals surface area contributed by atoms with E-state index in [2.05, 4.69) is 0 Å². The van der Waals surface area contributed by atoms with Crippen LogP contribution in [0.2, 0.25) is 5.02 Å². The van der Waals surface area contributed by atoms with Crippen LogP contribution in [0, 0.1) is 0 Å². The fourth-order valence-corrected chi connectivity index (χ4v) is 2.85. The topological polar surface area (TPSA) is 91.1 Å². The zero-order chi connectivity index (χ0) is 19.4. The molecule has 0 bridgehead atoms. The van der Waals surface area contributed by atoms with Gasteiger partial charge in [0.05, 0.1) is 5.56 Å². The van der Waals surface area contributed by atoms with Crippen molar-refractivity contribution in [3.8, 4) is 17.2 Å². The van der Waals surface area contributed by atoms with E-state index in [0.29, 0.717) is 29.6 Å². The summed E-state index contributed by atoms with van der Waals surface area (Å²) in [6.45, 7) is 2.73. The van der Waals surface area contributed by atoms with Gasteiger partial charge in [0.1, 0.15) is 5.75 Å². The summed E-state index contributed by atoms with van der Waals surface area (Å²) in [6, 6.07) is 10.0. The fraction of sp³-hybridized carbons (Fsp3) is 0.263. The van der Waals surface area contributed by atoms with Crippen molar-refractivity contribution in [2.45, 2.75) is 13.5 Å². The molecule has 0 saturated heterocycles. The highest BCUT2D eigenvalue weighted by atomic mass is 35.5. The maximum absolute atomic E-state index is 12.5. The van der Waals surface area contributed by atoms with Crippen LogP contribution in [-0.4, -0.2) is 36.7 Å². The molecule has 0 fully saturated rings. The Labute approximate surface area is 161 Å². The first kappa shape index (κ1) is 18.8. The van der Waals surface area contributed by atoms with Crippen molar-refractivity contribution in [1.29, 1.82) is 0 Å². The lowest BCUT2D eigenvalue weighted by atomic mass is 10.2. The van der Waals surface area contributed by atoms with Gasteiger partial charge in [0, 0.05) is 18.1 Å². The van der Waals surface area contributed by atoms with Crippen molar-refractivity contribution in [1.82, 2.24) is 4.90 Å². The number of hydrogen-bond donors (Lipinski definition) is 1. The van der Waals surface area contributed by atoms with E-state index in [1.165, 1.54) is 18.2 Å². The second-order valence-electron chi connectivity index (χ2n) is 5.89. The number of carbonyl (C=O) groups is 2. The maximum Gasteiger partial charge on any atom is 0.260 e. The first-order chi connectivity index (χ1) is 13.0. The van der Waals surface area contributed by atoms with Gasteiger partial charge in [-0.1, -0.05) is 17.7 Å². The smallest absolute Gasteiger partial charge is 0.260 e. The molecule has 1 heterocycles. The minimum Gasteiger partial charge on any atom is -0.483 e. The lowest BCUT2D eigenvalue weighted by Crippen LogP contribution is -2.34. The Morgan fingerprint density at radius 1 is 1.19 bits per heavy atom. The zero-order valence-electron chi connectivity index (χ0n) is 14.7. The molecule has 3 rings (SSSR count). The molecule has 0 radical (unpaired) electrons. The second kappa shape index (κ2) is 8.18. The third-order valence-corrected chi connectivity index (χ3v) is 4.34. The molecule has 2 aromatic carbocycles. The zero-order valence-corrected chi connectivity index (χ0v) is 15.5. The molecule has 27 heavy (non-hydrogen) atoms. The fourth-order valence-electron chi connectivity index (χ4n) is 2.69. The van der Waals surface area contributed by atoms with Gasteiger partial charge in [0.15, 0.2) is 18.1 Å². The molecular formula is C19H19ClN2O5. The number of ether oxygens (including phenoxy) is 3. The van der Waals surface area contributed by atoms with Gasteiger partial charge in [-0.15, -0.1) is 0 Å². The van der Waals surface area contributed by atoms with E-state index in [4.69, 9.17) is 31.5 Å². The van der Waals surface area contributed by atoms with Crippen LogP contribution in [0.5, 0.6) is 17.2 Å². The first-order valence-corrected chi connectivity index (χ1v) is 8.74. The van der Waals surface area contributed by atoms with Crippen LogP contribution in [0.25, 0.3) is 0 Å². The summed E-state index contributed by atoms with van der Waals surface area (Å²) in [4.78, 5) is 25.7. The van der Waals surface area contributed by atoms with Crippen molar-refractivity contribution in [2.24, 2.45) is 5.73 Å². The van der Waals surface area contributed by atoms with Crippen molar-refractivity contribution in [2.75, 3.05) is 19.9 Å². The monoisotopic (exact) mass is 390 g/mol. The number of nitrogens with zero attached hydrogens (tertiary/aromatic N) is 1. The molecule has 0 aliphatic carbocycles. The summed E-state index contributed by atoms with van der Waals surface area (Å²) in [6.07, 6.45) is 0. The molecule has 2 amide bonds. The van der Waals surface area contributed by atoms with Crippen molar-refractivity contribution in [3.05, 3.63) is 52.5 Å². The van der Waals surface area contributed by atoms with Crippen LogP contribution in [0.15, 0.2) is 36.4 Å². The van der Waals surface area contributed by atoms with Crippen molar-refractivity contribution < 1.29 is 23.8 Å². The molecule has 1 aliphatic heterocycles. The lowest BCUT2D eigenvalue weighted by Gasteiger charge is -2.21. The molecule has 1 aliphatic rings. The molecule has 0 spiro atoms. The minimum atomic E-state index is -0.651. The third kappa shape index (κ3) is 4.43. The Hall–Kier alpha value is -2.93. The maximum atomic E-state index is 12.5. The summed E-state index contributed by atoms with van der Waals surface area (Å²) < 4.78 is 16.2. The summed E-state index contributed by atoms with van der Waals surface area (Å²) in [7, 11) is 0. The quantitative estimate of drug-likeness (QED) is 0.784. The Bertz CT molecular complexity index is 871. The van der Waals surface area contributed by atoms with Crippen LogP contribution in [0.4, 0.5) is 0 Å². The molecule has 8 heteroatoms. The summed E-state index contributed by atoms with van der Waals surface area (Å²) in [5, 5.41) is 0.384. The Morgan fingerprint density at radius 3 is 2.70 bits per heavy atom. The molecule has 2 N–H and O–H groups in total. The van der Waals surface area contributed by atoms with E-state index in [1.54, 1.807) is 4.90 Å². The molecular weight excluding hydrogens is 372 g/mol. The number of fused-ring (bicyclic) bond motifs is 1. The minimum absolute atomic E-state index is 0.172. The lowest BCUT2D eigenvalue weighted by molar-refractivity contribution is -0.133. The average Bonchev–Trinajstić information content (AvgIpc) is 3.11. The third-order valence-electron chi connectivity index (χ3n) is 4.11. The molecule has 0 saturated carbocycles. The van der Waals surface area contributed by atoms with E-state index in [1.807, 2.05) is 25.1 Å². The van der Waals surface area contributed by atoms with Crippen molar-refractivity contribution >= 4 is 23.4 Å². The molecule has 2 aromatic rings. The van der Waals surface area contributed by atoms with E-state index in [9.17, 15) is 9.59 Å². The van der Waals surface area contributed by atoms with Crippen molar-refractivity contribution in [3.63, 3.8) is 0 Å². The number of likely N-dealkylation sites (N-methyl/N-ethyl adjacent to an activating group) is 1. The van der Waals surface area contributed by atoms with E-state index in [-0.39, 0.29) is 30.6 Å². The van der Waals surface area contributed by atoms with Gasteiger partial charge in [-0.3, -0.25) is 9.59 Å². The number of amides is 2. The highest BCUT2D eigenvalue weighted by Gasteiger charge is 2.18. The van der Waals surface area contributed by atoms with Crippen LogP contribution in [0.1, 0.15) is 22.8 Å². The average molecular weight is 391 g/mol. The molecule has 7 nitrogen and oxygen atoms in total. The number of primary amides is 1. The summed E-state index contributed by atoms with van der Waals surface area (Å²) in [5.74, 6) is 0.656. The number of hydrogen-bond acceptors (Lipinski definition) is 5. The predicted molar refractivity (Wildman–Crippen MR) is 99.1 cm³/mol. The molecule has 0 aromatic heterocycles. The van der Waals surface area contributed by atoms with Gasteiger partial charge in [-0.25, -0.2) is 0 Å². The van der Waals surface area contributed by atoms with E-state index >= 15 is 0 Å². The molecule has 142 valence electrons. The number of halogens is 1. The standard InChI is InChI=1S/C19H19ClN2O5/c1-2-22(9-12-3-6-15-17(7-12)27-11-26-15)18(23)10-25-16-8-13(20)4-5-14(16)19(21)24/h3-8H,2,9-11H2,1H3,(H2,21,24). The Balaban J connectivity index is 1.66. The summed E-state index contributed by atoms with van der Waals surface area (Å²) >= 11 is 5.93. The number of carbonyl (C=O) groups excluding carboxylic acids is 2. The second-order valence-corrected chi connectivity index (χ2v) is 6.33. The Kier molecular flexibility index (Phi) is 5.71. The Morgan fingerprint density at radius 2 is 1.96 bits per heavy atom. The number of nitrogens with two attached hydrogens (primary N) is 1. The van der Waals surface area contributed by atoms with Crippen LogP contribution < -0.4 is 19.9 Å². The number of rotatable bonds is 7. The predicted octanol–water partition coefficient (Wildman–Crippen LogP) is 2.60. The van der Waals surface area contributed by atoms with Crippen LogP contribution in [0.3, 0.4) is 0 Å². The van der Waals surface area contributed by atoms with Crippen LogP contribution >= 0.6 is 11.6 Å². The molecule has 0 atom stereocenters. The van der Waals surface area contributed by atoms with Gasteiger partial charge in [0.2, 0.25) is 6.79 Å². The highest BCUT2D eigenvalue weighted by Crippen LogP contribution is 2.32. The normalized spacial score (nSPS) is 11.9. The largest absolute Gasteiger partial charge is 0.483 e. The SMILES string of the molecule is CCN(Cc1ccc2c(c1)OCO2)C(=O)COc1cc(Cl)ccc1C(N)=O. The number of benzene rings is 2. The van der Waals surface area contributed by atoms with Gasteiger partial charge >= 0.3 is 0 Å². The van der Waals surface area contributed by atoms with Gasteiger partial charge < -0.3 is 24.8 Å². The van der Waals surface area contributed by atoms with E-state index < -0.39 is 5.91 Å². The summed E-state index contributed by atoms with van der Waals surface area (Å²) in [5.41, 5.74) is 6.41. The molecule has 0 unspecified atom stereocenters. The highest BCUT2D eigenvalue weighted by molar-refractivity contribution is 6.30. The van der Waals surface area contributed by atoms with Gasteiger partial charge in [-0.05, 0) is 42.8 Å².